The van der Waals surface area contributed by atoms with Gasteiger partial charge in [0, 0.05) is 0 Å². The summed E-state index contributed by atoms with van der Waals surface area (Å²) < 4.78 is 0.253. The molecule has 1 heterocycles. The van der Waals surface area contributed by atoms with Crippen molar-refractivity contribution >= 4 is 46.6 Å². The van der Waals surface area contributed by atoms with Crippen molar-refractivity contribution < 1.29 is 9.59 Å². The number of hydrogen-bond donors (Lipinski definition) is 2. The number of anilines is 2. The van der Waals surface area contributed by atoms with Gasteiger partial charge in [-0.25, -0.2) is 4.98 Å². The van der Waals surface area contributed by atoms with Crippen molar-refractivity contribution in [1.29, 1.82) is 0 Å². The van der Waals surface area contributed by atoms with Gasteiger partial charge in [-0.3, -0.25) is 9.59 Å². The van der Waals surface area contributed by atoms with Crippen LogP contribution in [0, 0.1) is 0 Å². The summed E-state index contributed by atoms with van der Waals surface area (Å²) in [5, 5.41) is 5.06. The van der Waals surface area contributed by atoms with Crippen LogP contribution >= 0.6 is 22.9 Å². The average molecular weight is 206 g/mol. The highest BCUT2D eigenvalue weighted by Gasteiger charge is 2.07. The molecule has 0 unspecified atom stereocenters. The molecule has 1 aromatic heterocycles. The zero-order valence-electron chi connectivity index (χ0n) is 5.70. The minimum absolute atomic E-state index is 0.253. The first-order chi connectivity index (χ1) is 5.77. The van der Waals surface area contributed by atoms with Crippen LogP contribution in [0.2, 0.25) is 4.47 Å². The second-order valence-corrected chi connectivity index (χ2v) is 3.25. The molecule has 0 aliphatic rings. The molecule has 0 saturated carbocycles. The van der Waals surface area contributed by atoms with E-state index in [1.807, 2.05) is 0 Å². The fraction of sp³-hybridized carbons (Fsp3) is 0. The number of nitrogens with one attached hydrogen (secondary N) is 2. The van der Waals surface area contributed by atoms with Crippen LogP contribution in [0.3, 0.4) is 0 Å². The standard InChI is InChI=1S/C5H4ClN3O2S/c6-5-9-3(7-1-10)4(12-5)8-2-11/h1-2H,(H,7,10)(H,8,11). The number of hydrogen-bond acceptors (Lipinski definition) is 4. The molecule has 0 atom stereocenters. The zero-order chi connectivity index (χ0) is 8.97. The molecule has 0 fully saturated rings. The average Bonchev–Trinajstić information content (AvgIpc) is 2.33. The van der Waals surface area contributed by atoms with Crippen LogP contribution in [-0.4, -0.2) is 17.8 Å². The fourth-order valence-electron chi connectivity index (χ4n) is 0.599. The van der Waals surface area contributed by atoms with Gasteiger partial charge in [0.1, 0.15) is 5.00 Å². The molecule has 0 aliphatic heterocycles. The van der Waals surface area contributed by atoms with Crippen molar-refractivity contribution in [2.24, 2.45) is 0 Å². The van der Waals surface area contributed by atoms with Crippen molar-refractivity contribution in [3.05, 3.63) is 4.47 Å². The van der Waals surface area contributed by atoms with Gasteiger partial charge in [-0.2, -0.15) is 0 Å². The van der Waals surface area contributed by atoms with Gasteiger partial charge >= 0.3 is 0 Å². The summed E-state index contributed by atoms with van der Waals surface area (Å²) >= 11 is 6.60. The van der Waals surface area contributed by atoms with Crippen LogP contribution in [0.25, 0.3) is 0 Å². The lowest BCUT2D eigenvalue weighted by atomic mass is 10.7. The molecule has 12 heavy (non-hydrogen) atoms. The largest absolute Gasteiger partial charge is 0.317 e. The first kappa shape index (κ1) is 8.95. The third-order valence-corrected chi connectivity index (χ3v) is 2.08. The number of carbonyl (C=O) groups excluding carboxylic acids is 2. The molecular weight excluding hydrogens is 202 g/mol. The Bertz CT molecular complexity index is 273. The Balaban J connectivity index is 2.90. The number of nitrogens with zero attached hydrogens (tertiary/aromatic N) is 1. The molecule has 5 nitrogen and oxygen atoms in total. The summed E-state index contributed by atoms with van der Waals surface area (Å²) in [6.07, 6.45) is 0.946. The molecule has 0 bridgehead atoms. The van der Waals surface area contributed by atoms with Gasteiger partial charge in [-0.15, -0.1) is 0 Å². The maximum Gasteiger partial charge on any atom is 0.212 e. The number of halogens is 1. The maximum absolute atomic E-state index is 10.0. The number of carbonyl (C=O) groups is 2. The molecule has 64 valence electrons. The van der Waals surface area contributed by atoms with E-state index in [9.17, 15) is 9.59 Å². The molecule has 0 saturated heterocycles. The molecular formula is C5H4ClN3O2S. The third-order valence-electron chi connectivity index (χ3n) is 0.987. The number of thiazole rings is 1. The molecule has 0 aliphatic carbocycles. The molecule has 1 rings (SSSR count). The quantitative estimate of drug-likeness (QED) is 0.719. The first-order valence-electron chi connectivity index (χ1n) is 2.84. The van der Waals surface area contributed by atoms with Gasteiger partial charge in [0.05, 0.1) is 0 Å². The van der Waals surface area contributed by atoms with E-state index in [4.69, 9.17) is 11.6 Å². The van der Waals surface area contributed by atoms with Crippen LogP contribution in [0.5, 0.6) is 0 Å². The lowest BCUT2D eigenvalue weighted by Crippen LogP contribution is -1.99. The summed E-state index contributed by atoms with van der Waals surface area (Å²) in [7, 11) is 0. The third kappa shape index (κ3) is 1.93. The predicted molar refractivity (Wildman–Crippen MR) is 46.5 cm³/mol. The van der Waals surface area contributed by atoms with E-state index in [0.717, 1.165) is 11.3 Å². The smallest absolute Gasteiger partial charge is 0.212 e. The molecule has 0 spiro atoms. The van der Waals surface area contributed by atoms with Crippen LogP contribution < -0.4 is 10.6 Å². The molecule has 0 radical (unpaired) electrons. The topological polar surface area (TPSA) is 71.1 Å². The van der Waals surface area contributed by atoms with E-state index in [1.165, 1.54) is 0 Å². The predicted octanol–water partition coefficient (Wildman–Crippen LogP) is 0.933. The van der Waals surface area contributed by atoms with Crippen LogP contribution in [0.1, 0.15) is 0 Å². The van der Waals surface area contributed by atoms with Crippen molar-refractivity contribution in [2.75, 3.05) is 10.6 Å². The first-order valence-corrected chi connectivity index (χ1v) is 4.04. The van der Waals surface area contributed by atoms with Crippen molar-refractivity contribution in [1.82, 2.24) is 4.98 Å². The fourth-order valence-corrected chi connectivity index (χ4v) is 1.53. The SMILES string of the molecule is O=CNc1nc(Cl)sc1NC=O. The highest BCUT2D eigenvalue weighted by atomic mass is 35.5. The molecule has 2 N–H and O–H groups in total. The minimum atomic E-state index is 0.253. The lowest BCUT2D eigenvalue weighted by Gasteiger charge is -1.95. The Labute approximate surface area is 76.7 Å². The summed E-state index contributed by atoms with van der Waals surface area (Å²) in [6.45, 7) is 0. The Morgan fingerprint density at radius 2 is 2.00 bits per heavy atom. The minimum Gasteiger partial charge on any atom is -0.317 e. The van der Waals surface area contributed by atoms with E-state index in [0.29, 0.717) is 17.8 Å². The van der Waals surface area contributed by atoms with Crippen LogP contribution in [0.15, 0.2) is 0 Å². The second kappa shape index (κ2) is 4.03. The molecule has 1 aromatic rings. The van der Waals surface area contributed by atoms with E-state index < -0.39 is 0 Å². The van der Waals surface area contributed by atoms with Crippen molar-refractivity contribution in [3.8, 4) is 0 Å². The number of rotatable bonds is 4. The summed E-state index contributed by atoms with van der Waals surface area (Å²) in [5.74, 6) is 0.257. The van der Waals surface area contributed by atoms with Gasteiger partial charge in [0.15, 0.2) is 10.3 Å². The van der Waals surface area contributed by atoms with Crippen LogP contribution in [-0.2, 0) is 9.59 Å². The molecule has 0 aromatic carbocycles. The Morgan fingerprint density at radius 1 is 1.33 bits per heavy atom. The van der Waals surface area contributed by atoms with Crippen molar-refractivity contribution in [2.45, 2.75) is 0 Å². The normalized spacial score (nSPS) is 9.08. The Hall–Kier alpha value is -1.14. The molecule has 7 heteroatoms. The highest BCUT2D eigenvalue weighted by molar-refractivity contribution is 7.20. The Kier molecular flexibility index (Phi) is 3.01. The second-order valence-electron chi connectivity index (χ2n) is 1.67. The van der Waals surface area contributed by atoms with E-state index in [2.05, 4.69) is 15.6 Å². The lowest BCUT2D eigenvalue weighted by molar-refractivity contribution is -0.106. The van der Waals surface area contributed by atoms with Gasteiger partial charge in [-0.1, -0.05) is 22.9 Å². The van der Waals surface area contributed by atoms with Gasteiger partial charge in [0.25, 0.3) is 0 Å². The monoisotopic (exact) mass is 205 g/mol. The van der Waals surface area contributed by atoms with Crippen molar-refractivity contribution in [3.63, 3.8) is 0 Å². The van der Waals surface area contributed by atoms with E-state index in [-0.39, 0.29) is 10.3 Å². The number of aromatic nitrogens is 1. The number of amides is 2. The summed E-state index contributed by atoms with van der Waals surface area (Å²) in [6, 6.07) is 0. The highest BCUT2D eigenvalue weighted by Crippen LogP contribution is 2.31. The Morgan fingerprint density at radius 3 is 2.58 bits per heavy atom. The van der Waals surface area contributed by atoms with Crippen LogP contribution in [0.4, 0.5) is 10.8 Å². The van der Waals surface area contributed by atoms with E-state index in [1.54, 1.807) is 0 Å². The maximum atomic E-state index is 10.0. The molecule has 2 amide bonds. The summed E-state index contributed by atoms with van der Waals surface area (Å²) in [4.78, 5) is 23.8. The summed E-state index contributed by atoms with van der Waals surface area (Å²) in [5.41, 5.74) is 0. The van der Waals surface area contributed by atoms with Gasteiger partial charge in [0.2, 0.25) is 12.8 Å². The zero-order valence-corrected chi connectivity index (χ0v) is 7.28. The van der Waals surface area contributed by atoms with Gasteiger partial charge < -0.3 is 10.6 Å². The van der Waals surface area contributed by atoms with Gasteiger partial charge in [-0.05, 0) is 0 Å². The van der Waals surface area contributed by atoms with E-state index >= 15 is 0 Å².